The van der Waals surface area contributed by atoms with E-state index in [9.17, 15) is 4.79 Å². The molecule has 0 radical (unpaired) electrons. The van der Waals surface area contributed by atoms with Gasteiger partial charge in [-0.3, -0.25) is 0 Å². The van der Waals surface area contributed by atoms with Gasteiger partial charge in [0.05, 0.1) is 13.7 Å². The van der Waals surface area contributed by atoms with Crippen LogP contribution in [0.25, 0.3) is 11.3 Å². The lowest BCUT2D eigenvalue weighted by atomic mass is 10.1. The zero-order valence-corrected chi connectivity index (χ0v) is 17.5. The van der Waals surface area contributed by atoms with Gasteiger partial charge in [0.25, 0.3) is 0 Å². The van der Waals surface area contributed by atoms with E-state index in [4.69, 9.17) is 25.8 Å². The van der Waals surface area contributed by atoms with Gasteiger partial charge in [-0.05, 0) is 62.2 Å². The Morgan fingerprint density at radius 1 is 1.14 bits per heavy atom. The van der Waals surface area contributed by atoms with Crippen LogP contribution in [0.1, 0.15) is 34.1 Å². The summed E-state index contributed by atoms with van der Waals surface area (Å²) in [7, 11) is 1.59. The maximum atomic E-state index is 12.1. The van der Waals surface area contributed by atoms with E-state index < -0.39 is 5.97 Å². The van der Waals surface area contributed by atoms with Gasteiger partial charge in [-0.25, -0.2) is 4.79 Å². The van der Waals surface area contributed by atoms with Crippen LogP contribution < -0.4 is 9.47 Å². The molecule has 1 heterocycles. The first kappa shape index (κ1) is 20.7. The molecule has 0 fully saturated rings. The molecule has 2 aromatic carbocycles. The Morgan fingerprint density at radius 3 is 2.52 bits per heavy atom. The topological polar surface area (TPSA) is 86.3 Å². The number of halogens is 1. The Labute approximate surface area is 173 Å². The molecule has 0 amide bonds. The average Bonchev–Trinajstić information content (AvgIpc) is 3.20. The van der Waals surface area contributed by atoms with Crippen molar-refractivity contribution < 1.29 is 19.0 Å². The number of nitrogens with one attached hydrogen (secondary N) is 1. The fourth-order valence-electron chi connectivity index (χ4n) is 2.96. The van der Waals surface area contributed by atoms with E-state index >= 15 is 0 Å². The molecule has 3 rings (SSSR count). The standard InChI is InChI=1S/C21H22ClN3O4/c1-5-28-21(26)20-19(23-25-24-20)14-6-7-17(27-4)15(10-14)11-29-16-8-12(2)18(22)13(3)9-16/h6-10H,5,11H2,1-4H3,(H,23,24,25). The number of hydrogen-bond acceptors (Lipinski definition) is 6. The van der Waals surface area contributed by atoms with Crippen LogP contribution in [0.2, 0.25) is 5.02 Å². The van der Waals surface area contributed by atoms with E-state index in [1.165, 1.54) is 0 Å². The van der Waals surface area contributed by atoms with Gasteiger partial charge in [0.2, 0.25) is 0 Å². The molecule has 0 spiro atoms. The number of carbonyl (C=O) groups excluding carboxylic acids is 1. The zero-order chi connectivity index (χ0) is 21.0. The van der Waals surface area contributed by atoms with E-state index in [2.05, 4.69) is 15.4 Å². The Kier molecular flexibility index (Phi) is 6.39. The second-order valence-corrected chi connectivity index (χ2v) is 6.81. The summed E-state index contributed by atoms with van der Waals surface area (Å²) in [6, 6.07) is 9.24. The van der Waals surface area contributed by atoms with E-state index in [1.54, 1.807) is 26.2 Å². The van der Waals surface area contributed by atoms with Crippen molar-refractivity contribution in [3.05, 3.63) is 57.7 Å². The largest absolute Gasteiger partial charge is 0.496 e. The number of esters is 1. The van der Waals surface area contributed by atoms with Crippen molar-refractivity contribution in [2.24, 2.45) is 0 Å². The van der Waals surface area contributed by atoms with Gasteiger partial charge in [-0.2, -0.15) is 10.3 Å². The van der Waals surface area contributed by atoms with E-state index in [0.717, 1.165) is 21.7 Å². The monoisotopic (exact) mass is 415 g/mol. The van der Waals surface area contributed by atoms with Crippen LogP contribution in [-0.2, 0) is 11.3 Å². The normalized spacial score (nSPS) is 10.7. The molecule has 29 heavy (non-hydrogen) atoms. The Bertz CT molecular complexity index is 1010. The summed E-state index contributed by atoms with van der Waals surface area (Å²) in [6.07, 6.45) is 0. The third kappa shape index (κ3) is 4.51. The SMILES string of the molecule is CCOC(=O)c1n[nH]nc1-c1ccc(OC)c(COc2cc(C)c(Cl)c(C)c2)c1. The van der Waals surface area contributed by atoms with Gasteiger partial charge in [-0.1, -0.05) is 11.6 Å². The molecule has 1 aromatic heterocycles. The van der Waals surface area contributed by atoms with Gasteiger partial charge in [-0.15, -0.1) is 5.10 Å². The molecule has 0 saturated carbocycles. The van der Waals surface area contributed by atoms with Crippen LogP contribution in [0.5, 0.6) is 11.5 Å². The maximum absolute atomic E-state index is 12.1. The van der Waals surface area contributed by atoms with E-state index in [0.29, 0.717) is 22.8 Å². The molecule has 0 aliphatic heterocycles. The predicted octanol–water partition coefficient (Wildman–Crippen LogP) is 4.51. The van der Waals surface area contributed by atoms with Crippen LogP contribution in [0.3, 0.4) is 0 Å². The van der Waals surface area contributed by atoms with Crippen LogP contribution in [0, 0.1) is 13.8 Å². The van der Waals surface area contributed by atoms with Crippen molar-refractivity contribution >= 4 is 17.6 Å². The summed E-state index contributed by atoms with van der Waals surface area (Å²) >= 11 is 6.23. The summed E-state index contributed by atoms with van der Waals surface area (Å²) in [5, 5.41) is 11.2. The highest BCUT2D eigenvalue weighted by atomic mass is 35.5. The van der Waals surface area contributed by atoms with Gasteiger partial charge in [0, 0.05) is 16.1 Å². The van der Waals surface area contributed by atoms with Crippen LogP contribution in [-0.4, -0.2) is 35.1 Å². The predicted molar refractivity (Wildman–Crippen MR) is 110 cm³/mol. The van der Waals surface area contributed by atoms with Crippen molar-refractivity contribution in [2.75, 3.05) is 13.7 Å². The number of methoxy groups -OCH3 is 1. The fourth-order valence-corrected chi connectivity index (χ4v) is 3.07. The highest BCUT2D eigenvalue weighted by Gasteiger charge is 2.20. The van der Waals surface area contributed by atoms with Gasteiger partial charge < -0.3 is 14.2 Å². The van der Waals surface area contributed by atoms with Crippen molar-refractivity contribution in [2.45, 2.75) is 27.4 Å². The van der Waals surface area contributed by atoms with Crippen molar-refractivity contribution in [3.63, 3.8) is 0 Å². The first-order valence-electron chi connectivity index (χ1n) is 9.09. The lowest BCUT2D eigenvalue weighted by Crippen LogP contribution is -2.07. The second-order valence-electron chi connectivity index (χ2n) is 6.43. The van der Waals surface area contributed by atoms with E-state index in [-0.39, 0.29) is 18.9 Å². The molecule has 8 heteroatoms. The summed E-state index contributed by atoms with van der Waals surface area (Å²) in [6.45, 7) is 6.13. The van der Waals surface area contributed by atoms with Crippen LogP contribution in [0.15, 0.2) is 30.3 Å². The quantitative estimate of drug-likeness (QED) is 0.571. The minimum Gasteiger partial charge on any atom is -0.496 e. The molecule has 1 N–H and O–H groups in total. The van der Waals surface area contributed by atoms with Crippen molar-refractivity contribution in [1.82, 2.24) is 15.4 Å². The number of carbonyl (C=O) groups is 1. The Balaban J connectivity index is 1.89. The molecular weight excluding hydrogens is 394 g/mol. The molecule has 0 aliphatic carbocycles. The molecule has 0 aliphatic rings. The first-order chi connectivity index (χ1) is 13.9. The number of aryl methyl sites for hydroxylation is 2. The summed E-state index contributed by atoms with van der Waals surface area (Å²) in [4.78, 5) is 12.1. The maximum Gasteiger partial charge on any atom is 0.361 e. The third-order valence-corrected chi connectivity index (χ3v) is 4.97. The minimum atomic E-state index is -0.531. The molecule has 0 unspecified atom stereocenters. The van der Waals surface area contributed by atoms with Gasteiger partial charge >= 0.3 is 5.97 Å². The number of hydrogen-bond donors (Lipinski definition) is 1. The van der Waals surface area contributed by atoms with Gasteiger partial charge in [0.15, 0.2) is 5.69 Å². The summed E-state index contributed by atoms with van der Waals surface area (Å²) < 4.78 is 16.5. The average molecular weight is 416 g/mol. The summed E-state index contributed by atoms with van der Waals surface area (Å²) in [5.74, 6) is 0.847. The number of nitrogens with zero attached hydrogens (tertiary/aromatic N) is 2. The smallest absolute Gasteiger partial charge is 0.361 e. The Hall–Kier alpha value is -3.06. The molecule has 0 bridgehead atoms. The second kappa shape index (κ2) is 8.96. The van der Waals surface area contributed by atoms with E-state index in [1.807, 2.05) is 32.0 Å². The summed E-state index contributed by atoms with van der Waals surface area (Å²) in [5.41, 5.74) is 3.93. The first-order valence-corrected chi connectivity index (χ1v) is 9.47. The van der Waals surface area contributed by atoms with Crippen molar-refractivity contribution in [3.8, 4) is 22.8 Å². The lowest BCUT2D eigenvalue weighted by molar-refractivity contribution is 0.0520. The third-order valence-electron chi connectivity index (χ3n) is 4.37. The van der Waals surface area contributed by atoms with Crippen LogP contribution >= 0.6 is 11.6 Å². The fraction of sp³-hybridized carbons (Fsp3) is 0.286. The van der Waals surface area contributed by atoms with Crippen LogP contribution in [0.4, 0.5) is 0 Å². The van der Waals surface area contributed by atoms with Gasteiger partial charge in [0.1, 0.15) is 23.8 Å². The highest BCUT2D eigenvalue weighted by Crippen LogP contribution is 2.30. The molecule has 7 nitrogen and oxygen atoms in total. The molecule has 152 valence electrons. The number of aromatic amines is 1. The Morgan fingerprint density at radius 2 is 1.86 bits per heavy atom. The molecule has 0 saturated heterocycles. The number of H-pyrrole nitrogens is 1. The molecule has 3 aromatic rings. The number of benzene rings is 2. The lowest BCUT2D eigenvalue weighted by Gasteiger charge is -2.13. The van der Waals surface area contributed by atoms with Crippen molar-refractivity contribution in [1.29, 1.82) is 0 Å². The molecular formula is C21H22ClN3O4. The zero-order valence-electron chi connectivity index (χ0n) is 16.7. The molecule has 0 atom stereocenters. The number of rotatable bonds is 7. The number of aromatic nitrogens is 3. The number of ether oxygens (including phenoxy) is 3. The minimum absolute atomic E-state index is 0.132. The highest BCUT2D eigenvalue weighted by molar-refractivity contribution is 6.32.